The van der Waals surface area contributed by atoms with Crippen molar-refractivity contribution in [2.75, 3.05) is 44.2 Å². The molecule has 24 heavy (non-hydrogen) atoms. The first kappa shape index (κ1) is 17.9. The molecule has 0 aliphatic carbocycles. The normalized spacial score (nSPS) is 29.9. The molecule has 3 aliphatic heterocycles. The van der Waals surface area contributed by atoms with E-state index in [0.29, 0.717) is 35.8 Å². The van der Waals surface area contributed by atoms with E-state index in [9.17, 15) is 13.2 Å². The van der Waals surface area contributed by atoms with Crippen LogP contribution in [0.5, 0.6) is 0 Å². The van der Waals surface area contributed by atoms with Crippen molar-refractivity contribution in [1.29, 1.82) is 0 Å². The van der Waals surface area contributed by atoms with Gasteiger partial charge in [0.2, 0.25) is 5.91 Å². The minimum absolute atomic E-state index is 0.269. The lowest BCUT2D eigenvalue weighted by atomic mass is 9.72. The van der Waals surface area contributed by atoms with Gasteiger partial charge in [-0.25, -0.2) is 8.42 Å². The highest BCUT2D eigenvalue weighted by Crippen LogP contribution is 2.40. The molecule has 0 saturated carbocycles. The van der Waals surface area contributed by atoms with Crippen molar-refractivity contribution >= 4 is 15.7 Å². The van der Waals surface area contributed by atoms with Gasteiger partial charge in [-0.05, 0) is 63.1 Å². The summed E-state index contributed by atoms with van der Waals surface area (Å²) in [6, 6.07) is 0. The quantitative estimate of drug-likeness (QED) is 0.705. The first-order valence-electron chi connectivity index (χ1n) is 9.23. The average Bonchev–Trinajstić information content (AvgIpc) is 2.90. The van der Waals surface area contributed by atoms with Gasteiger partial charge in [0, 0.05) is 19.5 Å². The zero-order valence-corrected chi connectivity index (χ0v) is 15.4. The number of carbonyl (C=O) groups is 1. The number of nitrogens with zero attached hydrogens (tertiary/aromatic N) is 2. The van der Waals surface area contributed by atoms with E-state index in [-0.39, 0.29) is 5.91 Å². The van der Waals surface area contributed by atoms with Gasteiger partial charge in [0.25, 0.3) is 0 Å². The summed E-state index contributed by atoms with van der Waals surface area (Å²) in [5.41, 5.74) is 0.296. The van der Waals surface area contributed by atoms with Crippen molar-refractivity contribution in [2.45, 2.75) is 38.5 Å². The Bertz CT molecular complexity index is 579. The molecule has 0 radical (unpaired) electrons. The first-order chi connectivity index (χ1) is 11.4. The molecule has 5 nitrogen and oxygen atoms in total. The van der Waals surface area contributed by atoms with Crippen LogP contribution in [0.25, 0.3) is 0 Å². The zero-order valence-electron chi connectivity index (χ0n) is 14.6. The number of hydrogen-bond acceptors (Lipinski definition) is 4. The van der Waals surface area contributed by atoms with Crippen LogP contribution in [-0.2, 0) is 14.6 Å². The van der Waals surface area contributed by atoms with Gasteiger partial charge < -0.3 is 9.80 Å². The molecule has 1 amide bonds. The van der Waals surface area contributed by atoms with E-state index in [0.717, 1.165) is 58.3 Å². The van der Waals surface area contributed by atoms with Crippen molar-refractivity contribution in [3.8, 4) is 0 Å². The lowest BCUT2D eigenvalue weighted by Crippen LogP contribution is -2.51. The maximum Gasteiger partial charge on any atom is 0.222 e. The summed E-state index contributed by atoms with van der Waals surface area (Å²) in [5.74, 6) is 1.41. The predicted octanol–water partition coefficient (Wildman–Crippen LogP) is 1.70. The zero-order chi connectivity index (χ0) is 17.2. The SMILES string of the molecule is C=CCN1CC2(CCC1=O)CCN(CC[C@H]1CCS(=O)(=O)C1)CC2. The number of hydrogen-bond donors (Lipinski definition) is 0. The van der Waals surface area contributed by atoms with Gasteiger partial charge in [0.1, 0.15) is 0 Å². The third kappa shape index (κ3) is 4.20. The summed E-state index contributed by atoms with van der Waals surface area (Å²) in [6.45, 7) is 8.49. The molecule has 6 heteroatoms. The summed E-state index contributed by atoms with van der Waals surface area (Å²) in [4.78, 5) is 16.5. The minimum atomic E-state index is -2.75. The molecule has 3 rings (SSSR count). The molecule has 1 atom stereocenters. The molecule has 3 fully saturated rings. The van der Waals surface area contributed by atoms with Crippen LogP contribution in [0.1, 0.15) is 38.5 Å². The van der Waals surface area contributed by atoms with Crippen LogP contribution >= 0.6 is 0 Å². The lowest BCUT2D eigenvalue weighted by Gasteiger charge is -2.47. The van der Waals surface area contributed by atoms with Crippen LogP contribution in [0.4, 0.5) is 0 Å². The molecule has 1 spiro atoms. The van der Waals surface area contributed by atoms with E-state index in [4.69, 9.17) is 0 Å². The largest absolute Gasteiger partial charge is 0.338 e. The fraction of sp³-hybridized carbons (Fsp3) is 0.833. The minimum Gasteiger partial charge on any atom is -0.338 e. The van der Waals surface area contributed by atoms with Gasteiger partial charge >= 0.3 is 0 Å². The van der Waals surface area contributed by atoms with Crippen LogP contribution in [-0.4, -0.2) is 68.4 Å². The summed E-state index contributed by atoms with van der Waals surface area (Å²) in [6.07, 6.45) is 7.67. The Morgan fingerprint density at radius 2 is 2.00 bits per heavy atom. The molecule has 0 unspecified atom stereocenters. The van der Waals surface area contributed by atoms with Crippen molar-refractivity contribution in [3.63, 3.8) is 0 Å². The van der Waals surface area contributed by atoms with Crippen LogP contribution < -0.4 is 0 Å². The van der Waals surface area contributed by atoms with Gasteiger partial charge in [-0.2, -0.15) is 0 Å². The Kier molecular flexibility index (Phi) is 5.35. The molecular formula is C18H30N2O3S. The summed E-state index contributed by atoms with van der Waals surface area (Å²) >= 11 is 0. The van der Waals surface area contributed by atoms with Crippen molar-refractivity contribution in [1.82, 2.24) is 9.80 Å². The second kappa shape index (κ2) is 7.16. The number of carbonyl (C=O) groups excluding carboxylic acids is 1. The van der Waals surface area contributed by atoms with Crippen molar-refractivity contribution in [2.24, 2.45) is 11.3 Å². The Balaban J connectivity index is 1.45. The summed E-state index contributed by atoms with van der Waals surface area (Å²) in [7, 11) is -2.75. The molecular weight excluding hydrogens is 324 g/mol. The first-order valence-corrected chi connectivity index (χ1v) is 11.0. The monoisotopic (exact) mass is 354 g/mol. The van der Waals surface area contributed by atoms with Gasteiger partial charge in [0.15, 0.2) is 9.84 Å². The molecule has 0 aromatic carbocycles. The number of amides is 1. The van der Waals surface area contributed by atoms with Gasteiger partial charge in [-0.1, -0.05) is 6.08 Å². The third-order valence-corrected chi connectivity index (χ3v) is 8.03. The lowest BCUT2D eigenvalue weighted by molar-refractivity contribution is -0.138. The van der Waals surface area contributed by atoms with Crippen molar-refractivity contribution in [3.05, 3.63) is 12.7 Å². The van der Waals surface area contributed by atoms with Gasteiger partial charge in [-0.3, -0.25) is 4.79 Å². The Labute approximate surface area is 146 Å². The third-order valence-electron chi connectivity index (χ3n) is 6.19. The molecule has 0 bridgehead atoms. The number of sulfone groups is 1. The second-order valence-electron chi connectivity index (χ2n) is 7.96. The molecule has 3 saturated heterocycles. The van der Waals surface area contributed by atoms with Crippen LogP contribution in [0.15, 0.2) is 12.7 Å². The van der Waals surface area contributed by atoms with Gasteiger partial charge in [0.05, 0.1) is 11.5 Å². The molecule has 136 valence electrons. The fourth-order valence-electron chi connectivity index (χ4n) is 4.55. The summed E-state index contributed by atoms with van der Waals surface area (Å²) < 4.78 is 23.1. The Morgan fingerprint density at radius 3 is 2.62 bits per heavy atom. The van der Waals surface area contributed by atoms with E-state index < -0.39 is 9.84 Å². The standard InChI is InChI=1S/C18H30N2O3S/c1-2-9-20-15-18(6-3-17(20)21)7-11-19(12-8-18)10-4-16-5-13-24(22,23)14-16/h2,16H,1,3-15H2/t16-/m0/s1. The number of rotatable bonds is 5. The maximum absolute atomic E-state index is 12.0. The molecule has 3 heterocycles. The predicted molar refractivity (Wildman–Crippen MR) is 95.5 cm³/mol. The molecule has 3 aliphatic rings. The van der Waals surface area contributed by atoms with E-state index in [1.54, 1.807) is 0 Å². The highest BCUT2D eigenvalue weighted by molar-refractivity contribution is 7.91. The van der Waals surface area contributed by atoms with E-state index in [1.807, 2.05) is 11.0 Å². The van der Waals surface area contributed by atoms with E-state index in [2.05, 4.69) is 11.5 Å². The van der Waals surface area contributed by atoms with Gasteiger partial charge in [-0.15, -0.1) is 6.58 Å². The van der Waals surface area contributed by atoms with E-state index >= 15 is 0 Å². The highest BCUT2D eigenvalue weighted by atomic mass is 32.2. The van der Waals surface area contributed by atoms with Crippen molar-refractivity contribution < 1.29 is 13.2 Å². The average molecular weight is 355 g/mol. The highest BCUT2D eigenvalue weighted by Gasteiger charge is 2.40. The van der Waals surface area contributed by atoms with Crippen LogP contribution in [0.3, 0.4) is 0 Å². The fourth-order valence-corrected chi connectivity index (χ4v) is 6.46. The Morgan fingerprint density at radius 1 is 1.25 bits per heavy atom. The number of piperidine rings is 2. The number of likely N-dealkylation sites (tertiary alicyclic amines) is 2. The summed E-state index contributed by atoms with van der Waals surface area (Å²) in [5, 5.41) is 0. The molecule has 0 aromatic heterocycles. The van der Waals surface area contributed by atoms with Crippen LogP contribution in [0.2, 0.25) is 0 Å². The Hall–Kier alpha value is -0.880. The smallest absolute Gasteiger partial charge is 0.222 e. The topological polar surface area (TPSA) is 57.7 Å². The second-order valence-corrected chi connectivity index (χ2v) is 10.2. The van der Waals surface area contributed by atoms with Crippen LogP contribution in [0, 0.1) is 11.3 Å². The maximum atomic E-state index is 12.0. The molecule has 0 N–H and O–H groups in total. The molecule has 0 aromatic rings. The van der Waals surface area contributed by atoms with E-state index in [1.165, 1.54) is 0 Å².